The molecule has 9 aromatic carbocycles. The van der Waals surface area contributed by atoms with Crippen molar-refractivity contribution < 1.29 is 0 Å². The topological polar surface area (TPSA) is 17.8 Å². The first-order valence-corrected chi connectivity index (χ1v) is 19.9. The van der Waals surface area contributed by atoms with Gasteiger partial charge in [-0.3, -0.25) is 4.98 Å². The summed E-state index contributed by atoms with van der Waals surface area (Å²) < 4.78 is 2.34. The summed E-state index contributed by atoms with van der Waals surface area (Å²) >= 11 is 0. The Kier molecular flexibility index (Phi) is 7.46. The maximum Gasteiger partial charge on any atom is 0.0571 e. The number of hydrogen-bond donors (Lipinski definition) is 0. The number of hydrogen-bond acceptors (Lipinski definition) is 1. The summed E-state index contributed by atoms with van der Waals surface area (Å²) in [6, 6.07) is 65.2. The van der Waals surface area contributed by atoms with Crippen molar-refractivity contribution in [2.75, 3.05) is 0 Å². The van der Waals surface area contributed by atoms with Gasteiger partial charge in [0, 0.05) is 28.9 Å². The van der Waals surface area contributed by atoms with Crippen molar-refractivity contribution in [1.82, 2.24) is 9.55 Å². The van der Waals surface area contributed by atoms with Crippen LogP contribution in [-0.2, 0) is 5.41 Å². The molecule has 57 heavy (non-hydrogen) atoms. The third-order valence-electron chi connectivity index (χ3n) is 12.0. The molecular weight excluding hydrogens is 689 g/mol. The molecule has 0 saturated heterocycles. The van der Waals surface area contributed by atoms with Crippen molar-refractivity contribution >= 4 is 64.9 Å². The molecule has 0 radical (unpaired) electrons. The molecule has 2 aromatic heterocycles. The van der Waals surface area contributed by atoms with Gasteiger partial charge in [-0.05, 0) is 142 Å². The Labute approximate surface area is 332 Å². The molecule has 11 rings (SSSR count). The lowest BCUT2D eigenvalue weighted by atomic mass is 9.81. The summed E-state index contributed by atoms with van der Waals surface area (Å²) in [6.07, 6.45) is 3.88. The van der Waals surface area contributed by atoms with E-state index in [2.05, 4.69) is 206 Å². The van der Waals surface area contributed by atoms with Gasteiger partial charge in [-0.2, -0.15) is 0 Å². The molecule has 2 nitrogen and oxygen atoms in total. The number of para-hydroxylation sites is 1. The lowest BCUT2D eigenvalue weighted by Gasteiger charge is -2.23. The van der Waals surface area contributed by atoms with Gasteiger partial charge in [0.25, 0.3) is 0 Å². The summed E-state index contributed by atoms with van der Waals surface area (Å²) in [4.78, 5) is 4.52. The highest BCUT2D eigenvalue weighted by atomic mass is 15.0. The molecule has 0 aliphatic rings. The largest absolute Gasteiger partial charge is 0.309 e. The number of rotatable bonds is 4. The maximum absolute atomic E-state index is 4.52. The molecular formula is C55H40N2. The molecule has 0 N–H and O–H groups in total. The molecule has 0 saturated carbocycles. The summed E-state index contributed by atoms with van der Waals surface area (Å²) in [5, 5.41) is 12.4. The number of fused-ring (bicyclic) bond motifs is 7. The fourth-order valence-electron chi connectivity index (χ4n) is 9.09. The molecule has 0 unspecified atom stereocenters. The van der Waals surface area contributed by atoms with Gasteiger partial charge in [0.05, 0.1) is 11.0 Å². The van der Waals surface area contributed by atoms with Crippen LogP contribution in [-0.4, -0.2) is 9.55 Å². The lowest BCUT2D eigenvalue weighted by molar-refractivity contribution is 0.591. The molecule has 0 spiro atoms. The minimum absolute atomic E-state index is 0.0156. The fraction of sp³-hybridized carbons (Fsp3) is 0.0727. The van der Waals surface area contributed by atoms with E-state index in [1.54, 1.807) is 0 Å². The van der Waals surface area contributed by atoms with Crippen molar-refractivity contribution in [2.45, 2.75) is 26.2 Å². The molecule has 0 amide bonds. The number of benzene rings is 9. The Hall–Kier alpha value is -7.03. The molecule has 0 bridgehead atoms. The van der Waals surface area contributed by atoms with Crippen LogP contribution in [0.2, 0.25) is 0 Å². The first kappa shape index (κ1) is 33.3. The van der Waals surface area contributed by atoms with Crippen molar-refractivity contribution in [3.8, 4) is 39.1 Å². The Morgan fingerprint density at radius 3 is 1.67 bits per heavy atom. The zero-order chi connectivity index (χ0) is 38.3. The summed E-state index contributed by atoms with van der Waals surface area (Å²) in [6.45, 7) is 6.92. The highest BCUT2D eigenvalue weighted by Crippen LogP contribution is 2.46. The van der Waals surface area contributed by atoms with Crippen LogP contribution in [0.25, 0.3) is 104 Å². The van der Waals surface area contributed by atoms with Crippen molar-refractivity contribution in [3.63, 3.8) is 0 Å². The van der Waals surface area contributed by atoms with E-state index in [0.29, 0.717) is 0 Å². The van der Waals surface area contributed by atoms with Crippen LogP contribution in [0.5, 0.6) is 0 Å². The minimum Gasteiger partial charge on any atom is -0.309 e. The van der Waals surface area contributed by atoms with Crippen molar-refractivity contribution in [1.29, 1.82) is 0 Å². The second-order valence-corrected chi connectivity index (χ2v) is 16.4. The van der Waals surface area contributed by atoms with Crippen LogP contribution in [0.4, 0.5) is 0 Å². The van der Waals surface area contributed by atoms with E-state index in [9.17, 15) is 0 Å². The number of aromatic nitrogens is 2. The quantitative estimate of drug-likeness (QED) is 0.165. The lowest BCUT2D eigenvalue weighted by Crippen LogP contribution is -2.10. The van der Waals surface area contributed by atoms with Crippen LogP contribution in [0.1, 0.15) is 26.3 Å². The van der Waals surface area contributed by atoms with E-state index < -0.39 is 0 Å². The number of nitrogens with zero attached hydrogens (tertiary/aromatic N) is 2. The summed E-state index contributed by atoms with van der Waals surface area (Å²) in [5.74, 6) is 0. The minimum atomic E-state index is 0.0156. The van der Waals surface area contributed by atoms with Gasteiger partial charge in [0.15, 0.2) is 0 Å². The molecule has 0 aliphatic carbocycles. The van der Waals surface area contributed by atoms with E-state index in [1.165, 1.54) is 92.9 Å². The van der Waals surface area contributed by atoms with E-state index in [0.717, 1.165) is 16.6 Å². The van der Waals surface area contributed by atoms with Crippen molar-refractivity contribution in [3.05, 3.63) is 194 Å². The Bertz CT molecular complexity index is 3380. The highest BCUT2D eigenvalue weighted by molar-refractivity contribution is 6.22. The summed E-state index contributed by atoms with van der Waals surface area (Å²) in [7, 11) is 0. The fourth-order valence-corrected chi connectivity index (χ4v) is 9.09. The molecule has 0 atom stereocenters. The average Bonchev–Trinajstić information content (AvgIpc) is 3.58. The zero-order valence-corrected chi connectivity index (χ0v) is 32.3. The van der Waals surface area contributed by atoms with E-state index in [1.807, 2.05) is 12.4 Å². The van der Waals surface area contributed by atoms with Gasteiger partial charge in [-0.25, -0.2) is 0 Å². The van der Waals surface area contributed by atoms with Crippen LogP contribution in [0, 0.1) is 0 Å². The van der Waals surface area contributed by atoms with E-state index in [4.69, 9.17) is 0 Å². The van der Waals surface area contributed by atoms with Gasteiger partial charge in [-0.15, -0.1) is 0 Å². The van der Waals surface area contributed by atoms with Gasteiger partial charge in [-0.1, -0.05) is 142 Å². The standard InChI is InChI=1S/C55H40N2/c1-55(2,3)43-24-25-47-49(33-43)54(42-21-17-35-11-7-8-12-36(35)30-42)46-16-10-9-15-45(46)53(47)41-22-20-37-29-38(18-19-39(37)31-41)40-23-26-51-48(32-40)50-34-56-28-27-52(50)57(51)44-13-5-4-6-14-44/h4-34H,1-3H3. The predicted octanol–water partition coefficient (Wildman–Crippen LogP) is 15.1. The van der Waals surface area contributed by atoms with Gasteiger partial charge in [0.1, 0.15) is 0 Å². The highest BCUT2D eigenvalue weighted by Gasteiger charge is 2.21. The Balaban J connectivity index is 1.07. The van der Waals surface area contributed by atoms with E-state index in [-0.39, 0.29) is 5.41 Å². The van der Waals surface area contributed by atoms with Gasteiger partial charge < -0.3 is 4.57 Å². The second-order valence-electron chi connectivity index (χ2n) is 16.4. The second kappa shape index (κ2) is 12.8. The van der Waals surface area contributed by atoms with Gasteiger partial charge in [0.2, 0.25) is 0 Å². The molecule has 0 fully saturated rings. The van der Waals surface area contributed by atoms with Crippen molar-refractivity contribution in [2.24, 2.45) is 0 Å². The van der Waals surface area contributed by atoms with Gasteiger partial charge >= 0.3 is 0 Å². The zero-order valence-electron chi connectivity index (χ0n) is 32.3. The Morgan fingerprint density at radius 2 is 0.930 bits per heavy atom. The molecule has 11 aromatic rings. The van der Waals surface area contributed by atoms with Crippen LogP contribution >= 0.6 is 0 Å². The molecule has 0 aliphatic heterocycles. The smallest absolute Gasteiger partial charge is 0.0571 e. The molecule has 2 heteroatoms. The normalized spacial score (nSPS) is 12.1. The van der Waals surface area contributed by atoms with Crippen LogP contribution in [0.3, 0.4) is 0 Å². The third-order valence-corrected chi connectivity index (χ3v) is 12.0. The van der Waals surface area contributed by atoms with E-state index >= 15 is 0 Å². The number of pyridine rings is 1. The first-order valence-electron chi connectivity index (χ1n) is 19.9. The predicted molar refractivity (Wildman–Crippen MR) is 244 cm³/mol. The van der Waals surface area contributed by atoms with Crippen LogP contribution < -0.4 is 0 Å². The summed E-state index contributed by atoms with van der Waals surface area (Å²) in [5.41, 5.74) is 12.3. The van der Waals surface area contributed by atoms with Crippen LogP contribution in [0.15, 0.2) is 188 Å². The monoisotopic (exact) mass is 728 g/mol. The molecule has 2 heterocycles. The average molecular weight is 729 g/mol. The SMILES string of the molecule is CC(C)(C)c1ccc2c(-c3ccc4cc(-c5ccc6c(c5)c5cnccc5n6-c5ccccc5)ccc4c3)c3ccccc3c(-c3ccc4ccccc4c3)c2c1. The maximum atomic E-state index is 4.52. The molecule has 270 valence electrons. The first-order chi connectivity index (χ1) is 27.9. The third kappa shape index (κ3) is 5.44. The Morgan fingerprint density at radius 1 is 0.386 bits per heavy atom.